The number of urea groups is 1. The molecule has 0 heterocycles. The zero-order valence-corrected chi connectivity index (χ0v) is 13.0. The predicted octanol–water partition coefficient (Wildman–Crippen LogP) is 4.65. The number of carbonyl (C=O) groups is 1. The number of fused-ring (bicyclic) bond motifs is 2. The topological polar surface area (TPSA) is 41.1 Å². The Balaban J connectivity index is 1.57. The summed E-state index contributed by atoms with van der Waals surface area (Å²) in [7, 11) is 0. The summed E-state index contributed by atoms with van der Waals surface area (Å²) in [5.74, 6) is 1.96. The Morgan fingerprint density at radius 2 is 2.04 bits per heavy atom. The number of nitrogens with one attached hydrogen (secondary N) is 2. The van der Waals surface area contributed by atoms with E-state index < -0.39 is 17.8 Å². The molecule has 0 radical (unpaired) electrons. The molecule has 2 aliphatic rings. The Bertz CT molecular complexity index is 587. The van der Waals surface area contributed by atoms with Gasteiger partial charge in [0.05, 0.1) is 5.56 Å². The standard InChI is InChI=1S/C17H21F3N2O/c1-10(15-8-11-5-6-12(15)7-11)21-16(23)22-14-4-2-3-13(9-14)17(18,19)20/h2-4,9-12,15H,5-8H2,1H3,(H2,21,22,23)/t10-,11+,12+,15-/m0/s1. The van der Waals surface area contributed by atoms with Gasteiger partial charge in [-0.25, -0.2) is 4.79 Å². The highest BCUT2D eigenvalue weighted by Crippen LogP contribution is 2.49. The van der Waals surface area contributed by atoms with Crippen LogP contribution in [-0.2, 0) is 6.18 Å². The Morgan fingerprint density at radius 1 is 1.26 bits per heavy atom. The van der Waals surface area contributed by atoms with E-state index in [0.29, 0.717) is 11.8 Å². The number of benzene rings is 1. The van der Waals surface area contributed by atoms with Gasteiger partial charge in [0.15, 0.2) is 0 Å². The Hall–Kier alpha value is -1.72. The Morgan fingerprint density at radius 3 is 2.65 bits per heavy atom. The first-order valence-electron chi connectivity index (χ1n) is 8.07. The molecule has 0 aromatic heterocycles. The van der Waals surface area contributed by atoms with Crippen molar-refractivity contribution in [3.63, 3.8) is 0 Å². The first-order chi connectivity index (χ1) is 10.8. The average molecular weight is 326 g/mol. The number of rotatable bonds is 3. The van der Waals surface area contributed by atoms with Crippen LogP contribution in [0.5, 0.6) is 0 Å². The minimum Gasteiger partial charge on any atom is -0.335 e. The van der Waals surface area contributed by atoms with Crippen molar-refractivity contribution in [1.82, 2.24) is 5.32 Å². The molecule has 1 aromatic carbocycles. The van der Waals surface area contributed by atoms with E-state index in [4.69, 9.17) is 0 Å². The van der Waals surface area contributed by atoms with Gasteiger partial charge in [0.1, 0.15) is 0 Å². The molecular weight excluding hydrogens is 305 g/mol. The molecule has 0 unspecified atom stereocenters. The number of hydrogen-bond donors (Lipinski definition) is 2. The SMILES string of the molecule is C[C@H](NC(=O)Nc1cccc(C(F)(F)F)c1)[C@@H]1C[C@@H]2CC[C@@H]1C2. The van der Waals surface area contributed by atoms with E-state index in [9.17, 15) is 18.0 Å². The molecule has 3 nitrogen and oxygen atoms in total. The molecule has 2 saturated carbocycles. The van der Waals surface area contributed by atoms with E-state index in [1.807, 2.05) is 6.92 Å². The highest BCUT2D eigenvalue weighted by atomic mass is 19.4. The summed E-state index contributed by atoms with van der Waals surface area (Å²) in [4.78, 5) is 12.0. The summed E-state index contributed by atoms with van der Waals surface area (Å²) in [6.45, 7) is 1.98. The molecule has 4 atom stereocenters. The van der Waals surface area contributed by atoms with Gasteiger partial charge in [0.25, 0.3) is 0 Å². The predicted molar refractivity (Wildman–Crippen MR) is 82.0 cm³/mol. The molecule has 2 fully saturated rings. The number of amides is 2. The zero-order chi connectivity index (χ0) is 16.6. The highest BCUT2D eigenvalue weighted by Gasteiger charge is 2.42. The fourth-order valence-corrected chi connectivity index (χ4v) is 4.16. The maximum absolute atomic E-state index is 12.7. The second-order valence-corrected chi connectivity index (χ2v) is 6.80. The molecule has 0 saturated heterocycles. The zero-order valence-electron chi connectivity index (χ0n) is 13.0. The molecule has 126 valence electrons. The average Bonchev–Trinajstić information content (AvgIpc) is 3.09. The maximum Gasteiger partial charge on any atom is 0.416 e. The number of hydrogen-bond acceptors (Lipinski definition) is 1. The van der Waals surface area contributed by atoms with Gasteiger partial charge in [-0.1, -0.05) is 12.5 Å². The van der Waals surface area contributed by atoms with E-state index in [2.05, 4.69) is 10.6 Å². The highest BCUT2D eigenvalue weighted by molar-refractivity contribution is 5.89. The van der Waals surface area contributed by atoms with Crippen molar-refractivity contribution in [3.05, 3.63) is 29.8 Å². The van der Waals surface area contributed by atoms with Gasteiger partial charge in [0, 0.05) is 11.7 Å². The van der Waals surface area contributed by atoms with E-state index >= 15 is 0 Å². The lowest BCUT2D eigenvalue weighted by Gasteiger charge is -2.28. The molecule has 0 spiro atoms. The lowest BCUT2D eigenvalue weighted by molar-refractivity contribution is -0.137. The monoisotopic (exact) mass is 326 g/mol. The summed E-state index contributed by atoms with van der Waals surface area (Å²) < 4.78 is 38.0. The lowest BCUT2D eigenvalue weighted by atomic mass is 9.84. The summed E-state index contributed by atoms with van der Waals surface area (Å²) in [5.41, 5.74) is -0.617. The van der Waals surface area contributed by atoms with Crippen LogP contribution < -0.4 is 10.6 Å². The molecule has 2 amide bonds. The quantitative estimate of drug-likeness (QED) is 0.834. The fraction of sp³-hybridized carbons (Fsp3) is 0.588. The van der Waals surface area contributed by atoms with Crippen LogP contribution in [0.25, 0.3) is 0 Å². The van der Waals surface area contributed by atoms with Crippen molar-refractivity contribution in [2.24, 2.45) is 17.8 Å². The summed E-state index contributed by atoms with van der Waals surface area (Å²) >= 11 is 0. The van der Waals surface area contributed by atoms with Crippen LogP contribution in [0.3, 0.4) is 0 Å². The molecule has 3 rings (SSSR count). The number of alkyl halides is 3. The smallest absolute Gasteiger partial charge is 0.335 e. The molecule has 2 aliphatic carbocycles. The molecule has 23 heavy (non-hydrogen) atoms. The fourth-order valence-electron chi connectivity index (χ4n) is 4.16. The van der Waals surface area contributed by atoms with E-state index in [1.54, 1.807) is 0 Å². The summed E-state index contributed by atoms with van der Waals surface area (Å²) in [6.07, 6.45) is 0.521. The first-order valence-corrected chi connectivity index (χ1v) is 8.07. The number of carbonyl (C=O) groups excluding carboxylic acids is 1. The van der Waals surface area contributed by atoms with Crippen molar-refractivity contribution < 1.29 is 18.0 Å². The minimum absolute atomic E-state index is 0.0381. The normalized spacial score (nSPS) is 27.7. The first kappa shape index (κ1) is 16.1. The van der Waals surface area contributed by atoms with Crippen molar-refractivity contribution >= 4 is 11.7 Å². The third-order valence-corrected chi connectivity index (χ3v) is 5.24. The van der Waals surface area contributed by atoms with Crippen LogP contribution in [0.2, 0.25) is 0 Å². The van der Waals surface area contributed by atoms with E-state index in [1.165, 1.54) is 31.4 Å². The molecule has 1 aromatic rings. The maximum atomic E-state index is 12.7. The van der Waals surface area contributed by atoms with Crippen molar-refractivity contribution in [2.75, 3.05) is 5.32 Å². The minimum atomic E-state index is -4.41. The number of anilines is 1. The largest absolute Gasteiger partial charge is 0.416 e. The molecular formula is C17H21F3N2O. The number of halogens is 3. The van der Waals surface area contributed by atoms with Crippen molar-refractivity contribution in [1.29, 1.82) is 0 Å². The van der Waals surface area contributed by atoms with Crippen LogP contribution in [0.1, 0.15) is 38.2 Å². The molecule has 2 bridgehead atoms. The van der Waals surface area contributed by atoms with E-state index in [-0.39, 0.29) is 11.7 Å². The van der Waals surface area contributed by atoms with Crippen LogP contribution in [0.4, 0.5) is 23.7 Å². The van der Waals surface area contributed by atoms with Gasteiger partial charge >= 0.3 is 12.2 Å². The van der Waals surface area contributed by atoms with Gasteiger partial charge in [-0.05, 0) is 62.1 Å². The van der Waals surface area contributed by atoms with Crippen LogP contribution in [-0.4, -0.2) is 12.1 Å². The van der Waals surface area contributed by atoms with Crippen molar-refractivity contribution in [3.8, 4) is 0 Å². The Labute approximate surface area is 133 Å². The second kappa shape index (κ2) is 6.06. The van der Waals surface area contributed by atoms with Crippen LogP contribution in [0.15, 0.2) is 24.3 Å². The van der Waals surface area contributed by atoms with Gasteiger partial charge in [0.2, 0.25) is 0 Å². The van der Waals surface area contributed by atoms with Gasteiger partial charge < -0.3 is 10.6 Å². The third-order valence-electron chi connectivity index (χ3n) is 5.24. The van der Waals surface area contributed by atoms with Gasteiger partial charge in [-0.2, -0.15) is 13.2 Å². The van der Waals surface area contributed by atoms with E-state index in [0.717, 1.165) is 24.5 Å². The van der Waals surface area contributed by atoms with Gasteiger partial charge in [-0.3, -0.25) is 0 Å². The van der Waals surface area contributed by atoms with Crippen LogP contribution in [0, 0.1) is 17.8 Å². The summed E-state index contributed by atoms with van der Waals surface area (Å²) in [6, 6.07) is 4.27. The Kier molecular flexibility index (Phi) is 4.25. The molecule has 2 N–H and O–H groups in total. The van der Waals surface area contributed by atoms with Crippen LogP contribution >= 0.6 is 0 Å². The molecule has 6 heteroatoms. The third kappa shape index (κ3) is 3.62. The summed E-state index contributed by atoms with van der Waals surface area (Å²) in [5, 5.41) is 5.38. The molecule has 0 aliphatic heterocycles. The second-order valence-electron chi connectivity index (χ2n) is 6.80. The van der Waals surface area contributed by atoms with Gasteiger partial charge in [-0.15, -0.1) is 0 Å². The van der Waals surface area contributed by atoms with Crippen molar-refractivity contribution in [2.45, 2.75) is 44.8 Å². The lowest BCUT2D eigenvalue weighted by Crippen LogP contribution is -2.42.